The average Bonchev–Trinajstić information content (AvgIpc) is 2.47. The second-order valence-electron chi connectivity index (χ2n) is 5.18. The van der Waals surface area contributed by atoms with E-state index in [-0.39, 0.29) is 0 Å². The van der Waals surface area contributed by atoms with Crippen LogP contribution in [0.3, 0.4) is 0 Å². The summed E-state index contributed by atoms with van der Waals surface area (Å²) in [5.74, 6) is 1.09. The Morgan fingerprint density at radius 1 is 1.00 bits per heavy atom. The van der Waals surface area contributed by atoms with Crippen LogP contribution in [-0.4, -0.2) is 31.7 Å². The van der Waals surface area contributed by atoms with Gasteiger partial charge < -0.3 is 4.90 Å². The van der Waals surface area contributed by atoms with Crippen LogP contribution in [0.25, 0.3) is 0 Å². The third kappa shape index (κ3) is 6.51. The lowest BCUT2D eigenvalue weighted by atomic mass is 9.75. The molecular formula is C18H32FN. The molecule has 1 heterocycles. The monoisotopic (exact) mass is 281 g/mol. The van der Waals surface area contributed by atoms with E-state index in [1.165, 1.54) is 37.8 Å². The van der Waals surface area contributed by atoms with E-state index in [1.54, 1.807) is 0 Å². The Labute approximate surface area is 125 Å². The lowest BCUT2D eigenvalue weighted by Crippen LogP contribution is -2.50. The molecule has 1 nitrogen and oxygen atoms in total. The first kappa shape index (κ1) is 19.1. The smallest absolute Gasteiger partial charge is 0.0785 e. The highest BCUT2D eigenvalue weighted by molar-refractivity contribution is 5.11. The van der Waals surface area contributed by atoms with Gasteiger partial charge in [0.15, 0.2) is 0 Å². The number of alkyl halides is 1. The van der Waals surface area contributed by atoms with Gasteiger partial charge in [-0.2, -0.15) is 0 Å². The number of likely N-dealkylation sites (tertiary alicyclic amines) is 1. The zero-order chi connectivity index (χ0) is 15.4. The zero-order valence-electron chi connectivity index (χ0n) is 13.9. The van der Waals surface area contributed by atoms with Gasteiger partial charge in [-0.1, -0.05) is 56.2 Å². The van der Waals surface area contributed by atoms with Crippen molar-refractivity contribution in [1.82, 2.24) is 4.90 Å². The molecule has 1 aliphatic heterocycles. The minimum absolute atomic E-state index is 0.500. The molecule has 0 N–H and O–H groups in total. The van der Waals surface area contributed by atoms with Gasteiger partial charge in [0.2, 0.25) is 0 Å². The summed E-state index contributed by atoms with van der Waals surface area (Å²) in [6.45, 7) is 7.43. The van der Waals surface area contributed by atoms with Crippen LogP contribution in [0.5, 0.6) is 0 Å². The van der Waals surface area contributed by atoms with Crippen molar-refractivity contribution in [2.24, 2.45) is 5.92 Å². The van der Waals surface area contributed by atoms with E-state index in [4.69, 9.17) is 0 Å². The van der Waals surface area contributed by atoms with Gasteiger partial charge in [-0.05, 0) is 45.7 Å². The van der Waals surface area contributed by atoms with Crippen molar-refractivity contribution in [3.8, 4) is 0 Å². The molecule has 1 saturated carbocycles. The highest BCUT2D eigenvalue weighted by Crippen LogP contribution is 2.36. The maximum Gasteiger partial charge on any atom is 0.0785 e. The molecule has 1 aliphatic carbocycles. The van der Waals surface area contributed by atoms with Crippen molar-refractivity contribution in [1.29, 1.82) is 0 Å². The van der Waals surface area contributed by atoms with Gasteiger partial charge in [0.05, 0.1) is 7.18 Å². The minimum Gasteiger partial charge on any atom is -0.303 e. The lowest BCUT2D eigenvalue weighted by Gasteiger charge is -2.46. The maximum absolute atomic E-state index is 9.50. The summed E-state index contributed by atoms with van der Waals surface area (Å²) in [6, 6.07) is 11.2. The molecule has 20 heavy (non-hydrogen) atoms. The van der Waals surface area contributed by atoms with E-state index < -0.39 is 0 Å². The Morgan fingerprint density at radius 2 is 1.55 bits per heavy atom. The minimum atomic E-state index is 0.500. The molecule has 1 atom stereocenters. The highest BCUT2D eigenvalue weighted by atomic mass is 19.1. The van der Waals surface area contributed by atoms with Gasteiger partial charge in [0.1, 0.15) is 0 Å². The summed E-state index contributed by atoms with van der Waals surface area (Å²) in [5.41, 5.74) is 1.32. The standard InChI is InChI=1S/C8H15N.C7H8.C2H6.CH3F/c1-9-6-5-8(9)7-3-2-4-7;1-7-5-3-2-4-6-7;2*1-2/h7-8H,2-6H2,1H3;2-6H,1H3;1-2H3;1H3. The first-order valence-corrected chi connectivity index (χ1v) is 7.87. The summed E-state index contributed by atoms with van der Waals surface area (Å²) in [5, 5.41) is 0. The van der Waals surface area contributed by atoms with Gasteiger partial charge in [-0.15, -0.1) is 0 Å². The first-order valence-electron chi connectivity index (χ1n) is 7.87. The van der Waals surface area contributed by atoms with Crippen LogP contribution >= 0.6 is 0 Å². The summed E-state index contributed by atoms with van der Waals surface area (Å²) in [6.07, 6.45) is 5.99. The van der Waals surface area contributed by atoms with Crippen molar-refractivity contribution in [3.63, 3.8) is 0 Å². The molecule has 0 aromatic heterocycles. The van der Waals surface area contributed by atoms with E-state index in [0.29, 0.717) is 7.18 Å². The molecular weight excluding hydrogens is 249 g/mol. The quantitative estimate of drug-likeness (QED) is 0.692. The summed E-state index contributed by atoms with van der Waals surface area (Å²) < 4.78 is 9.50. The molecule has 116 valence electrons. The van der Waals surface area contributed by atoms with Crippen molar-refractivity contribution in [2.75, 3.05) is 20.8 Å². The Hall–Kier alpha value is -0.890. The second-order valence-corrected chi connectivity index (χ2v) is 5.18. The Bertz CT molecular complexity index is 308. The Balaban J connectivity index is 0.000000296. The Kier molecular flexibility index (Phi) is 11.4. The van der Waals surface area contributed by atoms with Crippen LogP contribution < -0.4 is 0 Å². The molecule has 1 aromatic carbocycles. The number of rotatable bonds is 1. The van der Waals surface area contributed by atoms with Crippen LogP contribution in [0.2, 0.25) is 0 Å². The van der Waals surface area contributed by atoms with Crippen LogP contribution in [-0.2, 0) is 0 Å². The van der Waals surface area contributed by atoms with Crippen LogP contribution in [0, 0.1) is 12.8 Å². The summed E-state index contributed by atoms with van der Waals surface area (Å²) in [7, 11) is 2.76. The molecule has 1 saturated heterocycles. The molecule has 2 heteroatoms. The number of hydrogen-bond donors (Lipinski definition) is 0. The number of nitrogens with zero attached hydrogens (tertiary/aromatic N) is 1. The molecule has 0 amide bonds. The van der Waals surface area contributed by atoms with E-state index in [2.05, 4.69) is 31.0 Å². The SMILES string of the molecule is CC.CF.CN1CCC1C1CCC1.Cc1ccccc1. The third-order valence-corrected chi connectivity index (χ3v) is 3.98. The molecule has 2 aliphatic rings. The topological polar surface area (TPSA) is 3.24 Å². The van der Waals surface area contributed by atoms with Crippen molar-refractivity contribution < 1.29 is 4.39 Å². The average molecular weight is 281 g/mol. The number of halogens is 1. The molecule has 1 aromatic rings. The zero-order valence-corrected chi connectivity index (χ0v) is 13.9. The fourth-order valence-electron chi connectivity index (χ4n) is 2.49. The summed E-state index contributed by atoms with van der Waals surface area (Å²) >= 11 is 0. The van der Waals surface area contributed by atoms with Gasteiger partial charge in [-0.3, -0.25) is 4.39 Å². The number of hydrogen-bond acceptors (Lipinski definition) is 1. The molecule has 3 rings (SSSR count). The van der Waals surface area contributed by atoms with Crippen LogP contribution in [0.4, 0.5) is 4.39 Å². The van der Waals surface area contributed by atoms with E-state index in [1.807, 2.05) is 32.0 Å². The molecule has 0 radical (unpaired) electrons. The van der Waals surface area contributed by atoms with Crippen LogP contribution in [0.15, 0.2) is 30.3 Å². The molecule has 0 bridgehead atoms. The number of benzene rings is 1. The third-order valence-electron chi connectivity index (χ3n) is 3.98. The normalized spacial score (nSPS) is 20.6. The van der Waals surface area contributed by atoms with Gasteiger partial charge in [0, 0.05) is 6.04 Å². The molecule has 0 spiro atoms. The van der Waals surface area contributed by atoms with Crippen molar-refractivity contribution in [3.05, 3.63) is 35.9 Å². The molecule has 2 fully saturated rings. The summed E-state index contributed by atoms with van der Waals surface area (Å²) in [4.78, 5) is 2.50. The molecule has 1 unspecified atom stereocenters. The first-order chi connectivity index (χ1) is 9.77. The van der Waals surface area contributed by atoms with Crippen LogP contribution in [0.1, 0.15) is 45.1 Å². The predicted molar refractivity (Wildman–Crippen MR) is 87.9 cm³/mol. The predicted octanol–water partition coefficient (Wildman–Crippen LogP) is 5.10. The highest BCUT2D eigenvalue weighted by Gasteiger charge is 2.34. The van der Waals surface area contributed by atoms with Crippen molar-refractivity contribution in [2.45, 2.75) is 52.5 Å². The fourth-order valence-corrected chi connectivity index (χ4v) is 2.49. The van der Waals surface area contributed by atoms with Gasteiger partial charge in [-0.25, -0.2) is 0 Å². The van der Waals surface area contributed by atoms with E-state index in [9.17, 15) is 4.39 Å². The number of aryl methyl sites for hydroxylation is 1. The van der Waals surface area contributed by atoms with Gasteiger partial charge >= 0.3 is 0 Å². The van der Waals surface area contributed by atoms with E-state index >= 15 is 0 Å². The lowest BCUT2D eigenvalue weighted by molar-refractivity contribution is 0.0373. The second kappa shape index (κ2) is 11.9. The van der Waals surface area contributed by atoms with Gasteiger partial charge in [0.25, 0.3) is 0 Å². The Morgan fingerprint density at radius 3 is 1.70 bits per heavy atom. The maximum atomic E-state index is 9.50. The van der Waals surface area contributed by atoms with Crippen molar-refractivity contribution >= 4 is 0 Å². The largest absolute Gasteiger partial charge is 0.303 e. The van der Waals surface area contributed by atoms with E-state index in [0.717, 1.165) is 12.0 Å². The fraction of sp³-hybridized carbons (Fsp3) is 0.667.